The van der Waals surface area contributed by atoms with E-state index in [1.54, 1.807) is 33.9 Å². The lowest BCUT2D eigenvalue weighted by atomic mass is 9.66. The third kappa shape index (κ3) is 5.11. The van der Waals surface area contributed by atoms with Gasteiger partial charge in [-0.3, -0.25) is 14.4 Å². The van der Waals surface area contributed by atoms with Crippen LogP contribution < -0.4 is 0 Å². The minimum Gasteiger partial charge on any atom is -0.394 e. The Morgan fingerprint density at radius 2 is 1.86 bits per heavy atom. The number of nitrogens with zero attached hydrogens (tertiary/aromatic N) is 3. The molecule has 3 rings (SSSR count). The minimum atomic E-state index is -1.09. The summed E-state index contributed by atoms with van der Waals surface area (Å²) in [6.07, 6.45) is 7.93. The maximum absolute atomic E-state index is 14.3. The topological polar surface area (TPSA) is 90.4 Å². The van der Waals surface area contributed by atoms with E-state index < -0.39 is 35.1 Å². The first-order valence-corrected chi connectivity index (χ1v) is 13.9. The Morgan fingerprint density at radius 1 is 1.19 bits per heavy atom. The molecule has 37 heavy (non-hydrogen) atoms. The van der Waals surface area contributed by atoms with E-state index in [-0.39, 0.29) is 30.2 Å². The van der Waals surface area contributed by atoms with Gasteiger partial charge in [-0.05, 0) is 38.5 Å². The lowest BCUT2D eigenvalue weighted by molar-refractivity contribution is -0.156. The standard InChI is InChI=1S/C29H47N3O5/c1-8-11-12-17-31(16-10-3)27(36)24-29-14-13-28(6,37-29)22(25(34)30(7)15-9-2)23(29)26(35)32(24)21(19-33)18-20(4)5/h9-10,20-24,33H,2-3,8,11-19H2,1,4-7H3/t21-,22-,23+,24?,28+,29?/m1/s1. The molecule has 1 spiro atoms. The quantitative estimate of drug-likeness (QED) is 0.283. The third-order valence-corrected chi connectivity index (χ3v) is 8.53. The SMILES string of the molecule is C=CCN(C)C(=O)[C@H]1[C@H]2C(=O)N([C@@H](CO)CC(C)C)C(C(=O)N(CC=C)CCCCC)C23CC[C@]1(C)O3. The highest BCUT2D eigenvalue weighted by Gasteiger charge is 2.78. The second-order valence-electron chi connectivity index (χ2n) is 11.7. The van der Waals surface area contributed by atoms with E-state index in [0.717, 1.165) is 19.3 Å². The van der Waals surface area contributed by atoms with Gasteiger partial charge in [0.15, 0.2) is 0 Å². The number of fused-ring (bicyclic) bond motifs is 1. The molecule has 0 aromatic carbocycles. The average Bonchev–Trinajstić information content (AvgIpc) is 3.42. The fourth-order valence-corrected chi connectivity index (χ4v) is 6.93. The zero-order chi connectivity index (χ0) is 27.5. The maximum atomic E-state index is 14.3. The van der Waals surface area contributed by atoms with E-state index in [1.807, 2.05) is 20.8 Å². The molecule has 2 unspecified atom stereocenters. The van der Waals surface area contributed by atoms with Crippen molar-refractivity contribution in [2.45, 2.75) is 89.5 Å². The van der Waals surface area contributed by atoms with Crippen LogP contribution >= 0.6 is 0 Å². The fourth-order valence-electron chi connectivity index (χ4n) is 6.93. The predicted molar refractivity (Wildman–Crippen MR) is 144 cm³/mol. The van der Waals surface area contributed by atoms with Gasteiger partial charge in [0.2, 0.25) is 17.7 Å². The van der Waals surface area contributed by atoms with E-state index >= 15 is 0 Å². The molecule has 0 radical (unpaired) electrons. The summed E-state index contributed by atoms with van der Waals surface area (Å²) in [6, 6.07) is -1.41. The minimum absolute atomic E-state index is 0.161. The van der Waals surface area contributed by atoms with Crippen LogP contribution in [0.2, 0.25) is 0 Å². The van der Waals surface area contributed by atoms with Gasteiger partial charge >= 0.3 is 0 Å². The lowest BCUT2D eigenvalue weighted by Crippen LogP contribution is -2.59. The number of unbranched alkanes of at least 4 members (excludes halogenated alkanes) is 2. The highest BCUT2D eigenvalue weighted by molar-refractivity contribution is 5.99. The Kier molecular flexibility index (Phi) is 9.27. The summed E-state index contributed by atoms with van der Waals surface area (Å²) < 4.78 is 6.73. The molecule has 3 amide bonds. The van der Waals surface area contributed by atoms with Crippen molar-refractivity contribution in [3.05, 3.63) is 25.3 Å². The van der Waals surface area contributed by atoms with E-state index in [2.05, 4.69) is 20.1 Å². The van der Waals surface area contributed by atoms with Crippen LogP contribution in [0.15, 0.2) is 25.3 Å². The van der Waals surface area contributed by atoms with Gasteiger partial charge in [0.25, 0.3) is 0 Å². The molecule has 0 aliphatic carbocycles. The van der Waals surface area contributed by atoms with Gasteiger partial charge < -0.3 is 24.5 Å². The molecule has 208 valence electrons. The molecule has 3 fully saturated rings. The van der Waals surface area contributed by atoms with E-state index in [0.29, 0.717) is 38.9 Å². The zero-order valence-electron chi connectivity index (χ0n) is 23.4. The molecular weight excluding hydrogens is 470 g/mol. The Balaban J connectivity index is 2.10. The van der Waals surface area contributed by atoms with Crippen molar-refractivity contribution < 1.29 is 24.2 Å². The fraction of sp³-hybridized carbons (Fsp3) is 0.759. The average molecular weight is 518 g/mol. The number of ether oxygens (including phenoxy) is 1. The van der Waals surface area contributed by atoms with Gasteiger partial charge in [0.05, 0.1) is 30.1 Å². The highest BCUT2D eigenvalue weighted by Crippen LogP contribution is 2.64. The number of amides is 3. The molecule has 0 aromatic rings. The number of hydrogen-bond acceptors (Lipinski definition) is 5. The van der Waals surface area contributed by atoms with Gasteiger partial charge in [-0.1, -0.05) is 45.8 Å². The molecule has 0 aromatic heterocycles. The monoisotopic (exact) mass is 517 g/mol. The first-order chi connectivity index (χ1) is 17.5. The molecule has 0 saturated carbocycles. The lowest BCUT2D eigenvalue weighted by Gasteiger charge is -2.40. The van der Waals surface area contributed by atoms with E-state index in [1.165, 1.54) is 0 Å². The molecular formula is C29H47N3O5. The Morgan fingerprint density at radius 3 is 2.43 bits per heavy atom. The number of hydrogen-bond donors (Lipinski definition) is 1. The molecule has 1 N–H and O–H groups in total. The predicted octanol–water partition coefficient (Wildman–Crippen LogP) is 3.01. The van der Waals surface area contributed by atoms with Crippen LogP contribution in [0.25, 0.3) is 0 Å². The van der Waals surface area contributed by atoms with Crippen molar-refractivity contribution in [3.63, 3.8) is 0 Å². The van der Waals surface area contributed by atoms with E-state index in [9.17, 15) is 19.5 Å². The van der Waals surface area contributed by atoms with Crippen LogP contribution in [0.5, 0.6) is 0 Å². The van der Waals surface area contributed by atoms with Crippen molar-refractivity contribution >= 4 is 17.7 Å². The first-order valence-electron chi connectivity index (χ1n) is 13.9. The summed E-state index contributed by atoms with van der Waals surface area (Å²) in [5.74, 6) is -1.83. The van der Waals surface area contributed by atoms with Gasteiger partial charge in [0, 0.05) is 26.7 Å². The Bertz CT molecular complexity index is 891. The summed E-state index contributed by atoms with van der Waals surface area (Å²) in [4.78, 5) is 47.3. The van der Waals surface area contributed by atoms with Crippen molar-refractivity contribution in [1.82, 2.24) is 14.7 Å². The number of carbonyl (C=O) groups excluding carboxylic acids is 3. The second-order valence-corrected chi connectivity index (χ2v) is 11.7. The maximum Gasteiger partial charge on any atom is 0.248 e. The summed E-state index contributed by atoms with van der Waals surface area (Å²) in [7, 11) is 1.71. The molecule has 6 atom stereocenters. The van der Waals surface area contributed by atoms with Crippen molar-refractivity contribution in [2.75, 3.05) is 33.3 Å². The van der Waals surface area contributed by atoms with Crippen molar-refractivity contribution in [2.24, 2.45) is 17.8 Å². The van der Waals surface area contributed by atoms with Gasteiger partial charge in [-0.2, -0.15) is 0 Å². The highest BCUT2D eigenvalue weighted by atomic mass is 16.5. The van der Waals surface area contributed by atoms with Crippen molar-refractivity contribution in [1.29, 1.82) is 0 Å². The van der Waals surface area contributed by atoms with Crippen molar-refractivity contribution in [3.8, 4) is 0 Å². The normalized spacial score (nSPS) is 30.9. The Hall–Kier alpha value is -2.19. The Labute approximate surface area is 222 Å². The third-order valence-electron chi connectivity index (χ3n) is 8.53. The number of aliphatic hydroxyl groups is 1. The number of carbonyl (C=O) groups is 3. The molecule has 3 aliphatic heterocycles. The number of aliphatic hydroxyl groups excluding tert-OH is 1. The summed E-state index contributed by atoms with van der Waals surface area (Å²) in [5.41, 5.74) is -1.91. The summed E-state index contributed by atoms with van der Waals surface area (Å²) in [5, 5.41) is 10.4. The molecule has 2 bridgehead atoms. The molecule has 8 nitrogen and oxygen atoms in total. The molecule has 3 saturated heterocycles. The molecule has 8 heteroatoms. The van der Waals surface area contributed by atoms with Crippen LogP contribution in [0, 0.1) is 17.8 Å². The number of likely N-dealkylation sites (N-methyl/N-ethyl adjacent to an activating group) is 1. The summed E-state index contributed by atoms with van der Waals surface area (Å²) >= 11 is 0. The molecule has 3 heterocycles. The van der Waals surface area contributed by atoms with Gasteiger partial charge in [-0.25, -0.2) is 0 Å². The van der Waals surface area contributed by atoms with Crippen LogP contribution in [0.4, 0.5) is 0 Å². The van der Waals surface area contributed by atoms with Crippen LogP contribution in [-0.2, 0) is 19.1 Å². The van der Waals surface area contributed by atoms with E-state index in [4.69, 9.17) is 4.74 Å². The zero-order valence-corrected chi connectivity index (χ0v) is 23.4. The van der Waals surface area contributed by atoms with Crippen LogP contribution in [0.1, 0.15) is 66.2 Å². The number of likely N-dealkylation sites (tertiary alicyclic amines) is 1. The molecule has 3 aliphatic rings. The second kappa shape index (κ2) is 11.7. The first kappa shape index (κ1) is 29.4. The van der Waals surface area contributed by atoms with Gasteiger partial charge in [-0.15, -0.1) is 13.2 Å². The number of rotatable bonds is 14. The van der Waals surface area contributed by atoms with Crippen LogP contribution in [-0.4, -0.2) is 94.1 Å². The largest absolute Gasteiger partial charge is 0.394 e. The van der Waals surface area contributed by atoms with Gasteiger partial charge in [0.1, 0.15) is 11.6 Å². The van der Waals surface area contributed by atoms with Crippen LogP contribution in [0.3, 0.4) is 0 Å². The summed E-state index contributed by atoms with van der Waals surface area (Å²) in [6.45, 7) is 16.7. The smallest absolute Gasteiger partial charge is 0.248 e.